The van der Waals surface area contributed by atoms with E-state index in [2.05, 4.69) is 5.32 Å². The van der Waals surface area contributed by atoms with Crippen molar-refractivity contribution in [2.24, 2.45) is 11.3 Å². The van der Waals surface area contributed by atoms with Gasteiger partial charge in [-0.15, -0.1) is 0 Å². The molecular formula is C29H32FNO4. The van der Waals surface area contributed by atoms with Crippen LogP contribution in [0, 0.1) is 17.2 Å². The Balaban J connectivity index is 1.64. The number of carbonyl (C=O) groups excluding carboxylic acids is 1. The molecule has 0 heterocycles. The number of nitrogens with one attached hydrogen (secondary N) is 1. The molecule has 35 heavy (non-hydrogen) atoms. The number of hydrogen-bond donors (Lipinski definition) is 2. The SMILES string of the molecule is CCC(Oc1ccc(C(=O)NCC(C(=O)O)C(C)(C)C)cc1)c1ccc(-c2ccccc2F)cc1. The first kappa shape index (κ1) is 25.9. The molecule has 0 fully saturated rings. The summed E-state index contributed by atoms with van der Waals surface area (Å²) in [7, 11) is 0. The number of amides is 1. The van der Waals surface area contributed by atoms with Gasteiger partial charge in [0.2, 0.25) is 0 Å². The maximum absolute atomic E-state index is 14.1. The Morgan fingerprint density at radius 1 is 0.971 bits per heavy atom. The Morgan fingerprint density at radius 3 is 2.14 bits per heavy atom. The van der Waals surface area contributed by atoms with Crippen LogP contribution in [-0.2, 0) is 4.79 Å². The second-order valence-corrected chi connectivity index (χ2v) is 9.61. The van der Waals surface area contributed by atoms with Crippen LogP contribution in [0.15, 0.2) is 72.8 Å². The topological polar surface area (TPSA) is 75.6 Å². The first-order chi connectivity index (χ1) is 16.6. The summed E-state index contributed by atoms with van der Waals surface area (Å²) in [6.45, 7) is 7.58. The van der Waals surface area contributed by atoms with E-state index in [1.54, 1.807) is 36.4 Å². The van der Waals surface area contributed by atoms with E-state index < -0.39 is 17.3 Å². The molecule has 2 N–H and O–H groups in total. The largest absolute Gasteiger partial charge is 0.486 e. The minimum Gasteiger partial charge on any atom is -0.486 e. The molecule has 0 radical (unpaired) electrons. The summed E-state index contributed by atoms with van der Waals surface area (Å²) in [5, 5.41) is 12.2. The predicted molar refractivity (Wildman–Crippen MR) is 135 cm³/mol. The van der Waals surface area contributed by atoms with Crippen molar-refractivity contribution < 1.29 is 23.8 Å². The molecule has 0 aliphatic heterocycles. The second-order valence-electron chi connectivity index (χ2n) is 9.61. The van der Waals surface area contributed by atoms with Crippen LogP contribution in [0.3, 0.4) is 0 Å². The highest BCUT2D eigenvalue weighted by Gasteiger charge is 2.31. The van der Waals surface area contributed by atoms with Crippen molar-refractivity contribution >= 4 is 11.9 Å². The van der Waals surface area contributed by atoms with Crippen molar-refractivity contribution in [3.05, 3.63) is 89.7 Å². The fourth-order valence-electron chi connectivity index (χ4n) is 3.87. The number of ether oxygens (including phenoxy) is 1. The average molecular weight is 478 g/mol. The van der Waals surface area contributed by atoms with Crippen LogP contribution >= 0.6 is 0 Å². The maximum Gasteiger partial charge on any atom is 0.308 e. The molecule has 3 aromatic carbocycles. The summed E-state index contributed by atoms with van der Waals surface area (Å²) in [6, 6.07) is 21.1. The third-order valence-electron chi connectivity index (χ3n) is 6.04. The zero-order valence-electron chi connectivity index (χ0n) is 20.5. The molecular weight excluding hydrogens is 445 g/mol. The maximum atomic E-state index is 14.1. The lowest BCUT2D eigenvalue weighted by Crippen LogP contribution is -2.39. The molecule has 2 unspecified atom stereocenters. The van der Waals surface area contributed by atoms with Crippen LogP contribution in [-0.4, -0.2) is 23.5 Å². The standard InChI is InChI=1S/C29H32FNO4/c1-5-26(20-12-10-19(11-13-20)23-8-6-7-9-25(23)30)35-22-16-14-21(15-17-22)27(32)31-18-24(28(33)34)29(2,3)4/h6-17,24,26H,5,18H2,1-4H3,(H,31,32)(H,33,34). The van der Waals surface area contributed by atoms with Crippen LogP contribution in [0.25, 0.3) is 11.1 Å². The van der Waals surface area contributed by atoms with Gasteiger partial charge in [-0.1, -0.05) is 70.2 Å². The van der Waals surface area contributed by atoms with Gasteiger partial charge < -0.3 is 15.2 Å². The number of rotatable bonds is 9. The minimum absolute atomic E-state index is 0.0523. The molecule has 0 aliphatic carbocycles. The summed E-state index contributed by atoms with van der Waals surface area (Å²) in [5.74, 6) is -1.60. The quantitative estimate of drug-likeness (QED) is 0.369. The molecule has 3 rings (SSSR count). The number of hydrogen-bond acceptors (Lipinski definition) is 3. The van der Waals surface area contributed by atoms with E-state index in [0.29, 0.717) is 16.9 Å². The first-order valence-corrected chi connectivity index (χ1v) is 11.7. The average Bonchev–Trinajstić information content (AvgIpc) is 2.82. The highest BCUT2D eigenvalue weighted by atomic mass is 19.1. The summed E-state index contributed by atoms with van der Waals surface area (Å²) in [4.78, 5) is 24.0. The number of aliphatic carboxylic acids is 1. The van der Waals surface area contributed by atoms with E-state index in [0.717, 1.165) is 17.5 Å². The van der Waals surface area contributed by atoms with Gasteiger partial charge in [0.15, 0.2) is 0 Å². The van der Waals surface area contributed by atoms with Gasteiger partial charge in [0.05, 0.1) is 5.92 Å². The lowest BCUT2D eigenvalue weighted by Gasteiger charge is -2.27. The molecule has 0 saturated carbocycles. The van der Waals surface area contributed by atoms with Gasteiger partial charge in [0.1, 0.15) is 17.7 Å². The highest BCUT2D eigenvalue weighted by Crippen LogP contribution is 2.29. The normalized spacial score (nSPS) is 13.1. The predicted octanol–water partition coefficient (Wildman–Crippen LogP) is 6.50. The van der Waals surface area contributed by atoms with E-state index in [9.17, 15) is 19.1 Å². The van der Waals surface area contributed by atoms with Crippen molar-refractivity contribution in [2.45, 2.75) is 40.2 Å². The molecule has 6 heteroatoms. The number of halogens is 1. The zero-order valence-corrected chi connectivity index (χ0v) is 20.5. The fourth-order valence-corrected chi connectivity index (χ4v) is 3.87. The summed E-state index contributed by atoms with van der Waals surface area (Å²) in [6.07, 6.45) is 0.525. The van der Waals surface area contributed by atoms with Crippen molar-refractivity contribution in [3.8, 4) is 16.9 Å². The van der Waals surface area contributed by atoms with Crippen LogP contribution in [0.1, 0.15) is 56.1 Å². The van der Waals surface area contributed by atoms with E-state index in [-0.39, 0.29) is 24.4 Å². The Labute approximate surface area is 206 Å². The molecule has 184 valence electrons. The number of carbonyl (C=O) groups is 2. The fraction of sp³-hybridized carbons (Fsp3) is 0.310. The summed E-state index contributed by atoms with van der Waals surface area (Å²) < 4.78 is 20.2. The minimum atomic E-state index is -0.936. The molecule has 1 amide bonds. The zero-order chi connectivity index (χ0) is 25.6. The Kier molecular flexibility index (Phi) is 8.28. The van der Waals surface area contributed by atoms with Gasteiger partial charge in [-0.05, 0) is 53.3 Å². The molecule has 0 saturated heterocycles. The van der Waals surface area contributed by atoms with Crippen molar-refractivity contribution in [1.29, 1.82) is 0 Å². The van der Waals surface area contributed by atoms with E-state index in [4.69, 9.17) is 4.74 Å². The van der Waals surface area contributed by atoms with E-state index >= 15 is 0 Å². The van der Waals surface area contributed by atoms with Gasteiger partial charge in [-0.25, -0.2) is 4.39 Å². The number of carboxylic acid groups (broad SMARTS) is 1. The molecule has 3 aromatic rings. The highest BCUT2D eigenvalue weighted by molar-refractivity contribution is 5.94. The third-order valence-corrected chi connectivity index (χ3v) is 6.04. The lowest BCUT2D eigenvalue weighted by molar-refractivity contribution is -0.145. The van der Waals surface area contributed by atoms with Gasteiger partial charge in [-0.3, -0.25) is 9.59 Å². The Bertz CT molecular complexity index is 1150. The van der Waals surface area contributed by atoms with Gasteiger partial charge in [0, 0.05) is 17.7 Å². The Morgan fingerprint density at radius 2 is 1.60 bits per heavy atom. The van der Waals surface area contributed by atoms with Gasteiger partial charge in [0.25, 0.3) is 5.91 Å². The molecule has 0 aliphatic rings. The molecule has 0 aromatic heterocycles. The van der Waals surface area contributed by atoms with Crippen LogP contribution in [0.4, 0.5) is 4.39 Å². The molecule has 0 spiro atoms. The smallest absolute Gasteiger partial charge is 0.308 e. The van der Waals surface area contributed by atoms with Crippen molar-refractivity contribution in [1.82, 2.24) is 5.32 Å². The third kappa shape index (κ3) is 6.69. The number of carboxylic acids is 1. The van der Waals surface area contributed by atoms with Crippen LogP contribution < -0.4 is 10.1 Å². The van der Waals surface area contributed by atoms with E-state index in [1.807, 2.05) is 58.0 Å². The molecule has 5 nitrogen and oxygen atoms in total. The lowest BCUT2D eigenvalue weighted by atomic mass is 9.80. The molecule has 0 bridgehead atoms. The van der Waals surface area contributed by atoms with Crippen molar-refractivity contribution in [2.75, 3.05) is 6.54 Å². The monoisotopic (exact) mass is 477 g/mol. The van der Waals surface area contributed by atoms with Crippen LogP contribution in [0.5, 0.6) is 5.75 Å². The summed E-state index contributed by atoms with van der Waals surface area (Å²) >= 11 is 0. The van der Waals surface area contributed by atoms with Gasteiger partial charge in [-0.2, -0.15) is 0 Å². The van der Waals surface area contributed by atoms with Crippen LogP contribution in [0.2, 0.25) is 0 Å². The molecule has 2 atom stereocenters. The number of benzene rings is 3. The van der Waals surface area contributed by atoms with Crippen molar-refractivity contribution in [3.63, 3.8) is 0 Å². The summed E-state index contributed by atoms with van der Waals surface area (Å²) in [5.41, 5.74) is 2.28. The second kappa shape index (κ2) is 11.2. The van der Waals surface area contributed by atoms with E-state index in [1.165, 1.54) is 6.07 Å². The Hall–Kier alpha value is -3.67. The van der Waals surface area contributed by atoms with Gasteiger partial charge >= 0.3 is 5.97 Å². The first-order valence-electron chi connectivity index (χ1n) is 11.7.